The topological polar surface area (TPSA) is 59.5 Å². The van der Waals surface area contributed by atoms with E-state index in [1.54, 1.807) is 24.6 Å². The van der Waals surface area contributed by atoms with E-state index in [4.69, 9.17) is 4.74 Å². The maximum absolute atomic E-state index is 14.2. The number of rotatable bonds is 6. The highest BCUT2D eigenvalue weighted by atomic mass is 32.1. The largest absolute Gasteiger partial charge is 0.497 e. The normalized spacial score (nSPS) is 11.2. The quantitative estimate of drug-likeness (QED) is 0.253. The van der Waals surface area contributed by atoms with Gasteiger partial charge in [-0.1, -0.05) is 18.2 Å². The highest BCUT2D eigenvalue weighted by Gasteiger charge is 2.21. The van der Waals surface area contributed by atoms with Gasteiger partial charge in [0.1, 0.15) is 17.4 Å². The first-order chi connectivity index (χ1) is 15.9. The van der Waals surface area contributed by atoms with Crippen molar-refractivity contribution in [2.45, 2.75) is 6.92 Å². The number of halogens is 2. The number of amides is 1. The zero-order valence-electron chi connectivity index (χ0n) is 17.7. The molecule has 166 valence electrons. The summed E-state index contributed by atoms with van der Waals surface area (Å²) < 4.78 is 32.7. The minimum absolute atomic E-state index is 0.0994. The summed E-state index contributed by atoms with van der Waals surface area (Å²) in [6, 6.07) is 13.9. The van der Waals surface area contributed by atoms with Crippen LogP contribution < -0.4 is 9.64 Å². The third kappa shape index (κ3) is 4.80. The Hall–Kier alpha value is -3.91. The van der Waals surface area contributed by atoms with Crippen LogP contribution in [0.5, 0.6) is 5.75 Å². The molecule has 0 unspecified atom stereocenters. The van der Waals surface area contributed by atoms with Gasteiger partial charge < -0.3 is 4.74 Å². The third-order valence-electron chi connectivity index (χ3n) is 4.90. The van der Waals surface area contributed by atoms with E-state index in [9.17, 15) is 18.4 Å². The third-order valence-corrected chi connectivity index (χ3v) is 5.75. The van der Waals surface area contributed by atoms with Gasteiger partial charge in [0.15, 0.2) is 10.9 Å². The molecule has 0 aliphatic carbocycles. The standard InChI is InChI=1S/C25H18F2N2O3S/c1-15(30)29(23-9-6-19(26)13-22(23)27)25-28-20(14-33-25)7-10-24(31)18-4-3-17-12-21(32-2)8-5-16(17)11-18/h3-14H,1-2H3/b10-7+. The van der Waals surface area contributed by atoms with Gasteiger partial charge in [0, 0.05) is 23.9 Å². The Morgan fingerprint density at radius 2 is 1.79 bits per heavy atom. The summed E-state index contributed by atoms with van der Waals surface area (Å²) in [4.78, 5) is 30.2. The molecule has 1 amide bonds. The van der Waals surface area contributed by atoms with Crippen molar-refractivity contribution >= 4 is 50.7 Å². The number of allylic oxidation sites excluding steroid dienone is 1. The van der Waals surface area contributed by atoms with Crippen LogP contribution in [-0.4, -0.2) is 23.8 Å². The molecule has 0 fully saturated rings. The molecule has 0 radical (unpaired) electrons. The van der Waals surface area contributed by atoms with Crippen molar-refractivity contribution in [3.8, 4) is 5.75 Å². The molecule has 4 rings (SSSR count). The van der Waals surface area contributed by atoms with E-state index in [1.165, 1.54) is 25.1 Å². The van der Waals surface area contributed by atoms with Crippen LogP contribution in [0.2, 0.25) is 0 Å². The molecule has 0 bridgehead atoms. The smallest absolute Gasteiger partial charge is 0.230 e. The Kier molecular flexibility index (Phi) is 6.28. The molecule has 0 saturated heterocycles. The number of thiazole rings is 1. The van der Waals surface area contributed by atoms with Crippen LogP contribution in [0.25, 0.3) is 16.8 Å². The van der Waals surface area contributed by atoms with E-state index in [1.807, 2.05) is 24.3 Å². The summed E-state index contributed by atoms with van der Waals surface area (Å²) in [6.45, 7) is 1.26. The molecule has 4 aromatic rings. The van der Waals surface area contributed by atoms with Gasteiger partial charge in [0.2, 0.25) is 5.91 Å². The lowest BCUT2D eigenvalue weighted by atomic mass is 10.0. The molecule has 0 aliphatic rings. The maximum atomic E-state index is 14.2. The molecule has 1 heterocycles. The van der Waals surface area contributed by atoms with Crippen molar-refractivity contribution in [1.82, 2.24) is 4.98 Å². The molecule has 33 heavy (non-hydrogen) atoms. The van der Waals surface area contributed by atoms with E-state index in [0.717, 1.165) is 38.8 Å². The zero-order chi connectivity index (χ0) is 23.5. The van der Waals surface area contributed by atoms with Gasteiger partial charge in [-0.25, -0.2) is 13.8 Å². The average molecular weight is 464 g/mol. The number of hydrogen-bond donors (Lipinski definition) is 0. The number of nitrogens with zero attached hydrogens (tertiary/aromatic N) is 2. The molecule has 3 aromatic carbocycles. The lowest BCUT2D eigenvalue weighted by Gasteiger charge is -2.18. The molecule has 1 aromatic heterocycles. The van der Waals surface area contributed by atoms with Gasteiger partial charge in [-0.2, -0.15) is 0 Å². The number of hydrogen-bond acceptors (Lipinski definition) is 5. The first-order valence-electron chi connectivity index (χ1n) is 9.87. The molecule has 0 aliphatic heterocycles. The number of aromatic nitrogens is 1. The Bertz CT molecular complexity index is 1400. The Balaban J connectivity index is 1.56. The van der Waals surface area contributed by atoms with Gasteiger partial charge >= 0.3 is 0 Å². The van der Waals surface area contributed by atoms with Crippen LogP contribution in [0, 0.1) is 11.6 Å². The molecular weight excluding hydrogens is 446 g/mol. The lowest BCUT2D eigenvalue weighted by Crippen LogP contribution is -2.23. The Morgan fingerprint density at radius 1 is 1.03 bits per heavy atom. The summed E-state index contributed by atoms with van der Waals surface area (Å²) in [5.74, 6) is -1.57. The van der Waals surface area contributed by atoms with Gasteiger partial charge in [-0.3, -0.25) is 14.5 Å². The Labute approximate surface area is 192 Å². The Morgan fingerprint density at radius 3 is 2.52 bits per heavy atom. The highest BCUT2D eigenvalue weighted by Crippen LogP contribution is 2.31. The summed E-state index contributed by atoms with van der Waals surface area (Å²) >= 11 is 1.11. The van der Waals surface area contributed by atoms with Gasteiger partial charge in [-0.15, -0.1) is 11.3 Å². The number of ketones is 1. The van der Waals surface area contributed by atoms with E-state index in [0.29, 0.717) is 17.3 Å². The zero-order valence-corrected chi connectivity index (χ0v) is 18.5. The minimum Gasteiger partial charge on any atom is -0.497 e. The van der Waals surface area contributed by atoms with Crippen LogP contribution >= 0.6 is 11.3 Å². The molecule has 5 nitrogen and oxygen atoms in total. The molecule has 0 saturated carbocycles. The molecule has 0 spiro atoms. The van der Waals surface area contributed by atoms with Gasteiger partial charge in [0.25, 0.3) is 0 Å². The number of anilines is 2. The van der Waals surface area contributed by atoms with Crippen LogP contribution in [0.15, 0.2) is 66.1 Å². The maximum Gasteiger partial charge on any atom is 0.230 e. The van der Waals surface area contributed by atoms with E-state index < -0.39 is 17.5 Å². The second-order valence-electron chi connectivity index (χ2n) is 7.13. The van der Waals surface area contributed by atoms with Crippen molar-refractivity contribution in [3.05, 3.63) is 88.9 Å². The molecule has 0 N–H and O–H groups in total. The van der Waals surface area contributed by atoms with Crippen LogP contribution in [0.4, 0.5) is 19.6 Å². The van der Waals surface area contributed by atoms with Gasteiger partial charge in [0.05, 0.1) is 18.5 Å². The summed E-state index contributed by atoms with van der Waals surface area (Å²) in [6.07, 6.45) is 2.92. The van der Waals surface area contributed by atoms with Crippen molar-refractivity contribution in [2.75, 3.05) is 12.0 Å². The monoisotopic (exact) mass is 464 g/mol. The predicted molar refractivity (Wildman–Crippen MR) is 125 cm³/mol. The van der Waals surface area contributed by atoms with E-state index in [-0.39, 0.29) is 16.6 Å². The fourth-order valence-corrected chi connectivity index (χ4v) is 4.13. The number of ether oxygens (including phenoxy) is 1. The number of carbonyl (C=O) groups excluding carboxylic acids is 2. The van der Waals surface area contributed by atoms with Gasteiger partial charge in [-0.05, 0) is 53.3 Å². The van der Waals surface area contributed by atoms with Crippen LogP contribution in [0.1, 0.15) is 23.0 Å². The average Bonchev–Trinajstić information content (AvgIpc) is 3.26. The second kappa shape index (κ2) is 9.30. The summed E-state index contributed by atoms with van der Waals surface area (Å²) in [7, 11) is 1.60. The molecule has 0 atom stereocenters. The van der Waals surface area contributed by atoms with Crippen molar-refractivity contribution in [2.24, 2.45) is 0 Å². The van der Waals surface area contributed by atoms with Crippen LogP contribution in [-0.2, 0) is 4.79 Å². The highest BCUT2D eigenvalue weighted by molar-refractivity contribution is 7.14. The first kappa shape index (κ1) is 22.3. The van der Waals surface area contributed by atoms with Crippen molar-refractivity contribution in [1.29, 1.82) is 0 Å². The van der Waals surface area contributed by atoms with Crippen molar-refractivity contribution < 1.29 is 23.1 Å². The SMILES string of the molecule is COc1ccc2cc(C(=O)/C=C/c3csc(N(C(C)=O)c4ccc(F)cc4F)n3)ccc2c1. The summed E-state index contributed by atoms with van der Waals surface area (Å²) in [5.41, 5.74) is 0.846. The second-order valence-corrected chi connectivity index (χ2v) is 7.97. The molecular formula is C25H18F2N2O3S. The lowest BCUT2D eigenvalue weighted by molar-refractivity contribution is -0.115. The number of benzene rings is 3. The van der Waals surface area contributed by atoms with E-state index >= 15 is 0 Å². The van der Waals surface area contributed by atoms with Crippen molar-refractivity contribution in [3.63, 3.8) is 0 Å². The van der Waals surface area contributed by atoms with E-state index in [2.05, 4.69) is 4.98 Å². The first-order valence-corrected chi connectivity index (χ1v) is 10.7. The number of carbonyl (C=O) groups is 2. The summed E-state index contributed by atoms with van der Waals surface area (Å²) in [5, 5.41) is 3.71. The minimum atomic E-state index is -0.874. The number of fused-ring (bicyclic) bond motifs is 1. The molecule has 8 heteroatoms. The van der Waals surface area contributed by atoms with Crippen LogP contribution in [0.3, 0.4) is 0 Å². The number of methoxy groups -OCH3 is 1. The fourth-order valence-electron chi connectivity index (χ4n) is 3.29. The fraction of sp³-hybridized carbons (Fsp3) is 0.0800. The predicted octanol–water partition coefficient (Wildman–Crippen LogP) is 6.16.